The largest absolute Gasteiger partial charge is 0.294 e. The van der Waals surface area contributed by atoms with Gasteiger partial charge in [-0.2, -0.15) is 0 Å². The molecule has 0 aliphatic heterocycles. The van der Waals surface area contributed by atoms with E-state index >= 15 is 0 Å². The van der Waals surface area contributed by atoms with E-state index in [0.29, 0.717) is 11.2 Å². The van der Waals surface area contributed by atoms with Crippen LogP contribution >= 0.6 is 0 Å². The van der Waals surface area contributed by atoms with Gasteiger partial charge in [-0.15, -0.1) is 0 Å². The third-order valence-corrected chi connectivity index (χ3v) is 6.10. The van der Waals surface area contributed by atoms with Crippen molar-refractivity contribution in [2.45, 2.75) is 44.9 Å². The second kappa shape index (κ2) is 5.96. The van der Waals surface area contributed by atoms with Crippen molar-refractivity contribution in [2.75, 3.05) is 0 Å². The van der Waals surface area contributed by atoms with Crippen LogP contribution in [-0.4, -0.2) is 5.78 Å². The van der Waals surface area contributed by atoms with Gasteiger partial charge in [0.25, 0.3) is 0 Å². The highest BCUT2D eigenvalue weighted by atomic mass is 16.1. The minimum Gasteiger partial charge on any atom is -0.294 e. The summed E-state index contributed by atoms with van der Waals surface area (Å²) in [5.41, 5.74) is 3.64. The van der Waals surface area contributed by atoms with E-state index in [-0.39, 0.29) is 5.92 Å². The molecule has 0 saturated heterocycles. The number of hydrogen-bond acceptors (Lipinski definition) is 1. The van der Waals surface area contributed by atoms with Crippen molar-refractivity contribution in [2.24, 2.45) is 11.3 Å². The van der Waals surface area contributed by atoms with E-state index in [0.717, 1.165) is 12.0 Å². The molecule has 2 aliphatic rings. The first kappa shape index (κ1) is 14.7. The highest BCUT2D eigenvalue weighted by Crippen LogP contribution is 2.55. The van der Waals surface area contributed by atoms with Gasteiger partial charge in [-0.3, -0.25) is 4.79 Å². The first-order valence-corrected chi connectivity index (χ1v) is 8.98. The van der Waals surface area contributed by atoms with Crippen LogP contribution < -0.4 is 0 Å². The summed E-state index contributed by atoms with van der Waals surface area (Å²) in [5.74, 6) is 0.664. The first-order chi connectivity index (χ1) is 11.3. The number of hydrogen-bond donors (Lipinski definition) is 0. The normalized spacial score (nSPS) is 22.5. The van der Waals surface area contributed by atoms with Gasteiger partial charge in [0.2, 0.25) is 0 Å². The second-order valence-corrected chi connectivity index (χ2v) is 7.32. The molecule has 2 aromatic carbocycles. The first-order valence-electron chi connectivity index (χ1n) is 8.98. The molecule has 1 nitrogen and oxygen atoms in total. The lowest BCUT2D eigenvalue weighted by molar-refractivity contribution is 0.0804. The van der Waals surface area contributed by atoms with E-state index in [9.17, 15) is 4.79 Å². The highest BCUT2D eigenvalue weighted by molar-refractivity contribution is 5.99. The van der Waals surface area contributed by atoms with E-state index in [1.165, 1.54) is 49.7 Å². The Morgan fingerprint density at radius 1 is 0.783 bits per heavy atom. The van der Waals surface area contributed by atoms with Gasteiger partial charge in [-0.1, -0.05) is 73.9 Å². The van der Waals surface area contributed by atoms with E-state index < -0.39 is 0 Å². The molecule has 0 amide bonds. The van der Waals surface area contributed by atoms with Crippen LogP contribution in [0, 0.1) is 11.3 Å². The molecular weight excluding hydrogens is 280 g/mol. The van der Waals surface area contributed by atoms with Crippen molar-refractivity contribution in [3.63, 3.8) is 0 Å². The zero-order valence-electron chi connectivity index (χ0n) is 13.6. The van der Waals surface area contributed by atoms with E-state index in [2.05, 4.69) is 36.4 Å². The minimum atomic E-state index is 0.271. The van der Waals surface area contributed by atoms with Crippen molar-refractivity contribution >= 4 is 5.78 Å². The van der Waals surface area contributed by atoms with Gasteiger partial charge in [0, 0.05) is 11.5 Å². The van der Waals surface area contributed by atoms with Crippen LogP contribution in [0.25, 0.3) is 11.1 Å². The lowest BCUT2D eigenvalue weighted by atomic mass is 9.73. The number of benzene rings is 2. The fourth-order valence-corrected chi connectivity index (χ4v) is 4.88. The molecule has 1 unspecified atom stereocenters. The van der Waals surface area contributed by atoms with Crippen LogP contribution in [0.3, 0.4) is 0 Å². The topological polar surface area (TPSA) is 17.1 Å². The number of carbonyl (C=O) groups excluding carboxylic acids is 1. The van der Waals surface area contributed by atoms with Gasteiger partial charge < -0.3 is 0 Å². The summed E-state index contributed by atoms with van der Waals surface area (Å²) >= 11 is 0. The Hall–Kier alpha value is -1.89. The summed E-state index contributed by atoms with van der Waals surface area (Å²) in [6.07, 6.45) is 8.77. The molecule has 0 aromatic heterocycles. The van der Waals surface area contributed by atoms with Crippen molar-refractivity contribution in [1.29, 1.82) is 0 Å². The SMILES string of the molecule is O=C(c1ccc(-c2ccccc2)cc1)C1CCCC12CCCC2. The lowest BCUT2D eigenvalue weighted by Crippen LogP contribution is -2.28. The molecule has 1 spiro atoms. The molecule has 2 aromatic rings. The molecule has 2 aliphatic carbocycles. The molecule has 1 heteroatoms. The van der Waals surface area contributed by atoms with Gasteiger partial charge in [0.15, 0.2) is 5.78 Å². The third-order valence-electron chi connectivity index (χ3n) is 6.10. The van der Waals surface area contributed by atoms with Crippen LogP contribution in [0.15, 0.2) is 54.6 Å². The van der Waals surface area contributed by atoms with Crippen molar-refractivity contribution in [3.05, 3.63) is 60.2 Å². The fraction of sp³-hybridized carbons (Fsp3) is 0.409. The van der Waals surface area contributed by atoms with Crippen molar-refractivity contribution in [1.82, 2.24) is 0 Å². The number of ketones is 1. The molecular formula is C22H24O. The predicted molar refractivity (Wildman–Crippen MR) is 94.5 cm³/mol. The van der Waals surface area contributed by atoms with E-state index in [1.54, 1.807) is 0 Å². The highest BCUT2D eigenvalue weighted by Gasteiger charge is 2.47. The smallest absolute Gasteiger partial charge is 0.166 e. The molecule has 0 radical (unpaired) electrons. The summed E-state index contributed by atoms with van der Waals surface area (Å²) in [6.45, 7) is 0. The Morgan fingerprint density at radius 3 is 2.09 bits per heavy atom. The second-order valence-electron chi connectivity index (χ2n) is 7.32. The van der Waals surface area contributed by atoms with E-state index in [1.807, 2.05) is 18.2 Å². The average molecular weight is 304 g/mol. The maximum Gasteiger partial charge on any atom is 0.166 e. The molecule has 2 saturated carbocycles. The summed E-state index contributed by atoms with van der Waals surface area (Å²) in [4.78, 5) is 13.1. The van der Waals surface area contributed by atoms with Gasteiger partial charge in [-0.25, -0.2) is 0 Å². The summed E-state index contributed by atoms with van der Waals surface area (Å²) in [6, 6.07) is 18.6. The zero-order chi connectivity index (χ0) is 15.7. The summed E-state index contributed by atoms with van der Waals surface area (Å²) in [5, 5.41) is 0. The van der Waals surface area contributed by atoms with Gasteiger partial charge in [0.1, 0.15) is 0 Å². The standard InChI is InChI=1S/C22H24O/c23-21(20-9-6-16-22(20)14-4-5-15-22)19-12-10-18(11-13-19)17-7-2-1-3-8-17/h1-3,7-8,10-13,20H,4-6,9,14-16H2. The van der Waals surface area contributed by atoms with Gasteiger partial charge in [0.05, 0.1) is 0 Å². The van der Waals surface area contributed by atoms with Crippen molar-refractivity contribution < 1.29 is 4.79 Å². The predicted octanol–water partition coefficient (Wildman–Crippen LogP) is 5.90. The van der Waals surface area contributed by atoms with Crippen LogP contribution in [0.4, 0.5) is 0 Å². The Labute approximate surface area is 138 Å². The van der Waals surface area contributed by atoms with Crippen LogP contribution in [0.2, 0.25) is 0 Å². The van der Waals surface area contributed by atoms with E-state index in [4.69, 9.17) is 0 Å². The maximum absolute atomic E-state index is 13.1. The molecule has 2 fully saturated rings. The molecule has 23 heavy (non-hydrogen) atoms. The molecule has 1 atom stereocenters. The molecule has 0 N–H and O–H groups in total. The molecule has 0 bridgehead atoms. The monoisotopic (exact) mass is 304 g/mol. The van der Waals surface area contributed by atoms with Crippen molar-refractivity contribution in [3.8, 4) is 11.1 Å². The Kier molecular flexibility index (Phi) is 3.80. The summed E-state index contributed by atoms with van der Waals surface area (Å²) < 4.78 is 0. The third kappa shape index (κ3) is 2.63. The Balaban J connectivity index is 1.57. The number of carbonyl (C=O) groups is 1. The lowest BCUT2D eigenvalue weighted by Gasteiger charge is -2.30. The minimum absolute atomic E-state index is 0.271. The molecule has 0 heterocycles. The summed E-state index contributed by atoms with van der Waals surface area (Å²) in [7, 11) is 0. The molecule has 118 valence electrons. The zero-order valence-corrected chi connectivity index (χ0v) is 13.6. The van der Waals surface area contributed by atoms with Gasteiger partial charge >= 0.3 is 0 Å². The fourth-order valence-electron chi connectivity index (χ4n) is 4.88. The quantitative estimate of drug-likeness (QED) is 0.645. The average Bonchev–Trinajstić information content (AvgIpc) is 3.26. The number of Topliss-reactive ketones (excluding diaryl/α,β-unsaturated/α-hetero) is 1. The van der Waals surface area contributed by atoms with Gasteiger partial charge in [-0.05, 0) is 42.2 Å². The molecule has 4 rings (SSSR count). The maximum atomic E-state index is 13.1. The van der Waals surface area contributed by atoms with Crippen LogP contribution in [0.1, 0.15) is 55.3 Å². The van der Waals surface area contributed by atoms with Crippen LogP contribution in [-0.2, 0) is 0 Å². The number of rotatable bonds is 3. The Bertz CT molecular complexity index is 672. The van der Waals surface area contributed by atoms with Crippen LogP contribution in [0.5, 0.6) is 0 Å². The Morgan fingerprint density at radius 2 is 1.39 bits per heavy atom.